The first kappa shape index (κ1) is 33.1. The lowest BCUT2D eigenvalue weighted by atomic mass is 9.89. The van der Waals surface area contributed by atoms with Gasteiger partial charge in [0.15, 0.2) is 6.29 Å². The Kier molecular flexibility index (Phi) is 10.6. The highest BCUT2D eigenvalue weighted by Gasteiger charge is 2.47. The Morgan fingerprint density at radius 2 is 1.69 bits per heavy atom. The molecule has 2 saturated heterocycles. The van der Waals surface area contributed by atoms with Crippen molar-refractivity contribution in [2.75, 3.05) is 25.0 Å². The summed E-state index contributed by atoms with van der Waals surface area (Å²) in [6.45, 7) is 7.42. The fraction of sp³-hybridized carbons (Fsp3) is 0.529. The van der Waals surface area contributed by atoms with Gasteiger partial charge in [-0.05, 0) is 48.9 Å². The van der Waals surface area contributed by atoms with Gasteiger partial charge in [-0.25, -0.2) is 0 Å². The number of aliphatic hydroxyl groups is 1. The van der Waals surface area contributed by atoms with Crippen LogP contribution in [0.1, 0.15) is 74.5 Å². The molecule has 1 saturated carbocycles. The predicted octanol–water partition coefficient (Wildman–Crippen LogP) is 5.89. The highest BCUT2D eigenvalue weighted by atomic mass is 19.4. The van der Waals surface area contributed by atoms with E-state index in [4.69, 9.17) is 9.47 Å². The van der Waals surface area contributed by atoms with E-state index in [1.165, 1.54) is 12.8 Å². The third-order valence-electron chi connectivity index (χ3n) is 9.25. The number of alkyl halides is 3. The van der Waals surface area contributed by atoms with E-state index in [-0.39, 0.29) is 37.7 Å². The molecule has 2 amide bonds. The van der Waals surface area contributed by atoms with Crippen molar-refractivity contribution >= 4 is 17.5 Å². The molecule has 2 aromatic carbocycles. The summed E-state index contributed by atoms with van der Waals surface area (Å²) in [4.78, 5) is 27.7. The monoisotopic (exact) mass is 629 g/mol. The van der Waals surface area contributed by atoms with Gasteiger partial charge in [-0.3, -0.25) is 14.5 Å². The van der Waals surface area contributed by atoms with E-state index in [1.54, 1.807) is 24.3 Å². The first-order valence-corrected chi connectivity index (χ1v) is 15.7. The number of nitrogens with zero attached hydrogens (tertiary/aromatic N) is 2. The lowest BCUT2D eigenvalue weighted by molar-refractivity contribution is -0.276. The van der Waals surface area contributed by atoms with Gasteiger partial charge in [-0.15, -0.1) is 6.58 Å². The Balaban J connectivity index is 1.33. The largest absolute Gasteiger partial charge is 0.471 e. The number of hydrogen-bond donors (Lipinski definition) is 2. The second-order valence-electron chi connectivity index (χ2n) is 12.3. The maximum atomic E-state index is 13.0. The van der Waals surface area contributed by atoms with Gasteiger partial charge in [0.1, 0.15) is 6.04 Å². The summed E-state index contributed by atoms with van der Waals surface area (Å²) in [6, 6.07) is 13.9. The normalized spacial score (nSPS) is 25.9. The van der Waals surface area contributed by atoms with Gasteiger partial charge in [0.2, 0.25) is 5.91 Å². The summed E-state index contributed by atoms with van der Waals surface area (Å²) >= 11 is 0. The molecule has 2 N–H and O–H groups in total. The fourth-order valence-corrected chi connectivity index (χ4v) is 6.76. The molecule has 11 heteroatoms. The van der Waals surface area contributed by atoms with Crippen LogP contribution in [0.25, 0.3) is 0 Å². The highest BCUT2D eigenvalue weighted by Crippen LogP contribution is 2.42. The molecule has 0 aromatic heterocycles. The minimum Gasteiger partial charge on any atom is -0.392 e. The Hall–Kier alpha value is -3.25. The van der Waals surface area contributed by atoms with Crippen LogP contribution in [-0.2, 0) is 25.7 Å². The van der Waals surface area contributed by atoms with Crippen molar-refractivity contribution in [3.05, 3.63) is 77.9 Å². The molecule has 2 aromatic rings. The number of ether oxygens (including phenoxy) is 2. The van der Waals surface area contributed by atoms with Gasteiger partial charge in [-0.1, -0.05) is 62.2 Å². The zero-order chi connectivity index (χ0) is 32.1. The van der Waals surface area contributed by atoms with Crippen LogP contribution in [0.4, 0.5) is 18.9 Å². The van der Waals surface area contributed by atoms with Crippen LogP contribution in [-0.4, -0.2) is 70.7 Å². The molecule has 5 rings (SSSR count). The zero-order valence-electron chi connectivity index (χ0n) is 25.5. The molecule has 1 aliphatic carbocycles. The van der Waals surface area contributed by atoms with E-state index in [9.17, 15) is 27.9 Å². The summed E-state index contributed by atoms with van der Waals surface area (Å²) in [5, 5.41) is 12.2. The number of anilines is 1. The second kappa shape index (κ2) is 14.5. The Labute approximate surface area is 262 Å². The SMILES string of the molecule is C=CCN(C[C@@H]1O[C@H](c2ccc(NC(=O)[C@@H]3CCCN3C(=O)C(F)(F)F)cc2)O[C@H](c2ccc(CO)cc2)[C@@H]1C)C1CCCC1. The number of likely N-dealkylation sites (tertiary alicyclic amines) is 1. The third kappa shape index (κ3) is 7.77. The number of carbonyl (C=O) groups is 2. The summed E-state index contributed by atoms with van der Waals surface area (Å²) in [7, 11) is 0. The molecule has 3 fully saturated rings. The molecular formula is C34H42F3N3O5. The molecule has 2 aliphatic heterocycles. The van der Waals surface area contributed by atoms with Crippen LogP contribution in [0, 0.1) is 5.92 Å². The average molecular weight is 630 g/mol. The molecule has 2 heterocycles. The standard InChI is InChI=1S/C34H42F3N3O5/c1-3-18-39(27-7-4-5-8-27)20-29-22(2)30(24-12-10-23(21-41)11-13-24)45-32(44-29)25-14-16-26(17-15-25)38-31(42)28-9-6-19-40(28)33(43)34(35,36)37/h3,10-17,22,27-30,32,41H,1,4-9,18-21H2,2H3,(H,38,42)/t22-,28+,29+,30+,32+/m1/s1. The number of halogens is 3. The van der Waals surface area contributed by atoms with E-state index in [1.807, 2.05) is 30.3 Å². The molecule has 45 heavy (non-hydrogen) atoms. The lowest BCUT2D eigenvalue weighted by Gasteiger charge is -2.43. The average Bonchev–Trinajstić information content (AvgIpc) is 3.75. The molecule has 0 spiro atoms. The number of nitrogens with one attached hydrogen (secondary N) is 1. The van der Waals surface area contributed by atoms with Crippen molar-refractivity contribution in [1.29, 1.82) is 0 Å². The van der Waals surface area contributed by atoms with Crippen molar-refractivity contribution in [3.63, 3.8) is 0 Å². The van der Waals surface area contributed by atoms with Gasteiger partial charge in [0, 0.05) is 42.8 Å². The topological polar surface area (TPSA) is 91.3 Å². The van der Waals surface area contributed by atoms with Crippen LogP contribution in [0.5, 0.6) is 0 Å². The number of benzene rings is 2. The Bertz CT molecular complexity index is 1310. The minimum absolute atomic E-state index is 0.0160. The molecule has 3 aliphatic rings. The quantitative estimate of drug-likeness (QED) is 0.319. The van der Waals surface area contributed by atoms with Gasteiger partial charge in [0.05, 0.1) is 18.8 Å². The van der Waals surface area contributed by atoms with Crippen LogP contribution in [0.2, 0.25) is 0 Å². The second-order valence-corrected chi connectivity index (χ2v) is 12.3. The maximum absolute atomic E-state index is 13.0. The molecule has 0 radical (unpaired) electrons. The lowest BCUT2D eigenvalue weighted by Crippen LogP contribution is -2.48. The number of aliphatic hydroxyl groups excluding tert-OH is 1. The molecule has 244 valence electrons. The maximum Gasteiger partial charge on any atom is 0.471 e. The van der Waals surface area contributed by atoms with Gasteiger partial charge < -0.3 is 24.8 Å². The summed E-state index contributed by atoms with van der Waals surface area (Å²) in [5.41, 5.74) is 2.91. The van der Waals surface area contributed by atoms with Crippen molar-refractivity contribution in [3.8, 4) is 0 Å². The van der Waals surface area contributed by atoms with Crippen molar-refractivity contribution < 1.29 is 37.3 Å². The number of amides is 2. The summed E-state index contributed by atoms with van der Waals surface area (Å²) in [6.07, 6.45) is 0.969. The zero-order valence-corrected chi connectivity index (χ0v) is 25.5. The van der Waals surface area contributed by atoms with Crippen LogP contribution in [0.3, 0.4) is 0 Å². The van der Waals surface area contributed by atoms with Crippen LogP contribution in [0.15, 0.2) is 61.2 Å². The Morgan fingerprint density at radius 1 is 1.02 bits per heavy atom. The smallest absolute Gasteiger partial charge is 0.392 e. The van der Waals surface area contributed by atoms with E-state index < -0.39 is 30.3 Å². The van der Waals surface area contributed by atoms with Crippen molar-refractivity contribution in [2.45, 2.75) is 88.8 Å². The first-order valence-electron chi connectivity index (χ1n) is 15.7. The van der Waals surface area contributed by atoms with E-state index in [0.29, 0.717) is 29.6 Å². The van der Waals surface area contributed by atoms with Crippen LogP contribution < -0.4 is 5.32 Å². The highest BCUT2D eigenvalue weighted by molar-refractivity contribution is 5.98. The van der Waals surface area contributed by atoms with Gasteiger partial charge >= 0.3 is 12.1 Å². The molecule has 0 unspecified atom stereocenters. The molecule has 5 atom stereocenters. The van der Waals surface area contributed by atoms with E-state index >= 15 is 0 Å². The minimum atomic E-state index is -5.03. The van der Waals surface area contributed by atoms with Crippen LogP contribution >= 0.6 is 0 Å². The molecular weight excluding hydrogens is 587 g/mol. The first-order chi connectivity index (χ1) is 21.6. The third-order valence-corrected chi connectivity index (χ3v) is 9.25. The summed E-state index contributed by atoms with van der Waals surface area (Å²) in [5.74, 6) is -2.63. The van der Waals surface area contributed by atoms with Gasteiger partial charge in [-0.2, -0.15) is 13.2 Å². The predicted molar refractivity (Wildman–Crippen MR) is 163 cm³/mol. The van der Waals surface area contributed by atoms with Gasteiger partial charge in [0.25, 0.3) is 0 Å². The van der Waals surface area contributed by atoms with E-state index in [2.05, 4.69) is 23.7 Å². The Morgan fingerprint density at radius 3 is 2.31 bits per heavy atom. The number of hydrogen-bond acceptors (Lipinski definition) is 6. The van der Waals surface area contributed by atoms with E-state index in [0.717, 1.165) is 36.1 Å². The number of carbonyl (C=O) groups excluding carboxylic acids is 2. The molecule has 8 nitrogen and oxygen atoms in total. The van der Waals surface area contributed by atoms with Crippen molar-refractivity contribution in [1.82, 2.24) is 9.80 Å². The molecule has 0 bridgehead atoms. The fourth-order valence-electron chi connectivity index (χ4n) is 6.76. The van der Waals surface area contributed by atoms with Crippen molar-refractivity contribution in [2.24, 2.45) is 5.92 Å². The number of rotatable bonds is 10. The summed E-state index contributed by atoms with van der Waals surface area (Å²) < 4.78 is 52.3.